The Morgan fingerprint density at radius 2 is 2.20 bits per heavy atom. The molecule has 2 N–H and O–H groups in total. The number of nitrogens with zero attached hydrogens (tertiary/aromatic N) is 1. The summed E-state index contributed by atoms with van der Waals surface area (Å²) >= 11 is 3.43. The number of piperidine rings is 1. The highest BCUT2D eigenvalue weighted by Crippen LogP contribution is 2.25. The standard InChI is InChI=1S/C15H21BrN2O.ClH/c1-10-5-6-18(13(7-10)9-17)15(19)14-4-3-12(16)8-11(14)2;/h3-4,8,10,13H,5-7,9,17H2,1-2H3;1H. The Morgan fingerprint density at radius 3 is 2.80 bits per heavy atom. The Kier molecular flexibility index (Phi) is 6.49. The van der Waals surface area contributed by atoms with Crippen LogP contribution in [0.5, 0.6) is 0 Å². The molecular formula is C15H22BrClN2O. The Hall–Kier alpha value is -0.580. The molecule has 1 amide bonds. The number of halogens is 2. The van der Waals surface area contributed by atoms with Crippen molar-refractivity contribution in [2.24, 2.45) is 11.7 Å². The second-order valence-electron chi connectivity index (χ2n) is 5.48. The molecule has 112 valence electrons. The summed E-state index contributed by atoms with van der Waals surface area (Å²) < 4.78 is 1.00. The van der Waals surface area contributed by atoms with E-state index in [-0.39, 0.29) is 24.4 Å². The van der Waals surface area contributed by atoms with E-state index in [1.165, 1.54) is 0 Å². The van der Waals surface area contributed by atoms with Gasteiger partial charge in [-0.3, -0.25) is 4.79 Å². The van der Waals surface area contributed by atoms with Crippen LogP contribution in [0, 0.1) is 12.8 Å². The first-order valence-corrected chi connectivity index (χ1v) is 7.59. The molecule has 2 atom stereocenters. The van der Waals surface area contributed by atoms with E-state index < -0.39 is 0 Å². The highest BCUT2D eigenvalue weighted by molar-refractivity contribution is 9.10. The van der Waals surface area contributed by atoms with Gasteiger partial charge in [0.1, 0.15) is 0 Å². The number of benzene rings is 1. The van der Waals surface area contributed by atoms with Crippen LogP contribution < -0.4 is 5.73 Å². The topological polar surface area (TPSA) is 46.3 Å². The van der Waals surface area contributed by atoms with Gasteiger partial charge in [-0.25, -0.2) is 0 Å². The molecule has 1 saturated heterocycles. The quantitative estimate of drug-likeness (QED) is 0.878. The summed E-state index contributed by atoms with van der Waals surface area (Å²) in [5, 5.41) is 0. The molecule has 1 fully saturated rings. The fourth-order valence-corrected chi connectivity index (χ4v) is 3.24. The van der Waals surface area contributed by atoms with Gasteiger partial charge < -0.3 is 10.6 Å². The monoisotopic (exact) mass is 360 g/mol. The van der Waals surface area contributed by atoms with Crippen LogP contribution in [-0.4, -0.2) is 29.9 Å². The molecule has 2 rings (SSSR count). The van der Waals surface area contributed by atoms with Gasteiger partial charge in [-0.15, -0.1) is 12.4 Å². The molecule has 0 aromatic heterocycles. The lowest BCUT2D eigenvalue weighted by Gasteiger charge is -2.38. The minimum atomic E-state index is 0. The lowest BCUT2D eigenvalue weighted by molar-refractivity contribution is 0.0573. The van der Waals surface area contributed by atoms with E-state index in [9.17, 15) is 4.79 Å². The van der Waals surface area contributed by atoms with E-state index in [1.54, 1.807) is 0 Å². The number of likely N-dealkylation sites (tertiary alicyclic amines) is 1. The van der Waals surface area contributed by atoms with Crippen LogP contribution in [0.4, 0.5) is 0 Å². The highest BCUT2D eigenvalue weighted by Gasteiger charge is 2.30. The van der Waals surface area contributed by atoms with Crippen LogP contribution in [0.15, 0.2) is 22.7 Å². The summed E-state index contributed by atoms with van der Waals surface area (Å²) in [5.41, 5.74) is 7.63. The first kappa shape index (κ1) is 17.5. The van der Waals surface area contributed by atoms with Crippen molar-refractivity contribution in [3.63, 3.8) is 0 Å². The van der Waals surface area contributed by atoms with Crippen LogP contribution in [0.3, 0.4) is 0 Å². The third-order valence-electron chi connectivity index (χ3n) is 3.93. The molecule has 1 aliphatic rings. The van der Waals surface area contributed by atoms with Gasteiger partial charge in [-0.1, -0.05) is 22.9 Å². The Balaban J connectivity index is 0.00000200. The van der Waals surface area contributed by atoms with Gasteiger partial charge in [0, 0.05) is 29.2 Å². The Labute approximate surface area is 135 Å². The second-order valence-corrected chi connectivity index (χ2v) is 6.39. The molecular weight excluding hydrogens is 340 g/mol. The molecule has 20 heavy (non-hydrogen) atoms. The predicted molar refractivity (Wildman–Crippen MR) is 88.4 cm³/mol. The summed E-state index contributed by atoms with van der Waals surface area (Å²) in [6, 6.07) is 5.98. The van der Waals surface area contributed by atoms with Crippen LogP contribution in [-0.2, 0) is 0 Å². The third-order valence-corrected chi connectivity index (χ3v) is 4.42. The highest BCUT2D eigenvalue weighted by atomic mass is 79.9. The zero-order valence-electron chi connectivity index (χ0n) is 11.9. The molecule has 1 heterocycles. The van der Waals surface area contributed by atoms with Gasteiger partial charge in [0.25, 0.3) is 5.91 Å². The Morgan fingerprint density at radius 1 is 1.50 bits per heavy atom. The van der Waals surface area contributed by atoms with Gasteiger partial charge in [-0.05, 0) is 49.4 Å². The fraction of sp³-hybridized carbons (Fsp3) is 0.533. The predicted octanol–water partition coefficient (Wildman–Crippen LogP) is 3.38. The second kappa shape index (κ2) is 7.43. The average Bonchev–Trinajstić information content (AvgIpc) is 2.37. The number of carbonyl (C=O) groups excluding carboxylic acids is 1. The normalized spacial score (nSPS) is 22.3. The van der Waals surface area contributed by atoms with E-state index in [4.69, 9.17) is 5.73 Å². The van der Waals surface area contributed by atoms with E-state index in [0.717, 1.165) is 35.0 Å². The lowest BCUT2D eigenvalue weighted by atomic mass is 9.91. The maximum absolute atomic E-state index is 12.7. The fourth-order valence-electron chi connectivity index (χ4n) is 2.76. The molecule has 1 aliphatic heterocycles. The van der Waals surface area contributed by atoms with E-state index in [2.05, 4.69) is 22.9 Å². The van der Waals surface area contributed by atoms with E-state index in [1.807, 2.05) is 30.0 Å². The first-order valence-electron chi connectivity index (χ1n) is 6.80. The maximum Gasteiger partial charge on any atom is 0.254 e. The molecule has 1 aromatic carbocycles. The van der Waals surface area contributed by atoms with Crippen molar-refractivity contribution >= 4 is 34.2 Å². The Bertz CT molecular complexity index is 481. The van der Waals surface area contributed by atoms with Crippen molar-refractivity contribution in [3.8, 4) is 0 Å². The van der Waals surface area contributed by atoms with Crippen LogP contribution in [0.25, 0.3) is 0 Å². The lowest BCUT2D eigenvalue weighted by Crippen LogP contribution is -2.49. The summed E-state index contributed by atoms with van der Waals surface area (Å²) in [6.07, 6.45) is 2.08. The summed E-state index contributed by atoms with van der Waals surface area (Å²) in [4.78, 5) is 14.6. The average molecular weight is 362 g/mol. The molecule has 5 heteroatoms. The minimum Gasteiger partial charge on any atom is -0.334 e. The van der Waals surface area contributed by atoms with Crippen molar-refractivity contribution in [1.29, 1.82) is 0 Å². The maximum atomic E-state index is 12.7. The van der Waals surface area contributed by atoms with Crippen LogP contribution >= 0.6 is 28.3 Å². The molecule has 0 bridgehead atoms. The number of carbonyl (C=O) groups is 1. The van der Waals surface area contributed by atoms with Gasteiger partial charge in [0.15, 0.2) is 0 Å². The molecule has 0 spiro atoms. The molecule has 0 radical (unpaired) electrons. The van der Waals surface area contributed by atoms with Crippen molar-refractivity contribution in [3.05, 3.63) is 33.8 Å². The molecule has 3 nitrogen and oxygen atoms in total. The van der Waals surface area contributed by atoms with Crippen LogP contribution in [0.2, 0.25) is 0 Å². The van der Waals surface area contributed by atoms with Crippen molar-refractivity contribution in [2.45, 2.75) is 32.7 Å². The van der Waals surface area contributed by atoms with Crippen LogP contribution in [0.1, 0.15) is 35.7 Å². The molecule has 0 saturated carbocycles. The smallest absolute Gasteiger partial charge is 0.254 e. The van der Waals surface area contributed by atoms with Gasteiger partial charge in [0.05, 0.1) is 0 Å². The van der Waals surface area contributed by atoms with Crippen molar-refractivity contribution in [1.82, 2.24) is 4.90 Å². The first-order chi connectivity index (χ1) is 9.02. The largest absolute Gasteiger partial charge is 0.334 e. The third kappa shape index (κ3) is 3.74. The number of hydrogen-bond donors (Lipinski definition) is 1. The summed E-state index contributed by atoms with van der Waals surface area (Å²) in [5.74, 6) is 0.774. The zero-order valence-corrected chi connectivity index (χ0v) is 14.3. The van der Waals surface area contributed by atoms with Crippen molar-refractivity contribution in [2.75, 3.05) is 13.1 Å². The molecule has 2 unspecified atom stereocenters. The van der Waals surface area contributed by atoms with Gasteiger partial charge in [0.2, 0.25) is 0 Å². The van der Waals surface area contributed by atoms with E-state index >= 15 is 0 Å². The van der Waals surface area contributed by atoms with Gasteiger partial charge >= 0.3 is 0 Å². The number of aryl methyl sites for hydroxylation is 1. The summed E-state index contributed by atoms with van der Waals surface area (Å²) in [7, 11) is 0. The zero-order chi connectivity index (χ0) is 14.0. The number of amides is 1. The number of nitrogens with two attached hydrogens (primary N) is 1. The number of rotatable bonds is 2. The summed E-state index contributed by atoms with van der Waals surface area (Å²) in [6.45, 7) is 5.57. The SMILES string of the molecule is Cc1cc(Br)ccc1C(=O)N1CCC(C)CC1CN.Cl. The molecule has 0 aliphatic carbocycles. The van der Waals surface area contributed by atoms with E-state index in [0.29, 0.717) is 12.5 Å². The van der Waals surface area contributed by atoms with Gasteiger partial charge in [-0.2, -0.15) is 0 Å². The number of hydrogen-bond acceptors (Lipinski definition) is 2. The van der Waals surface area contributed by atoms with Crippen molar-refractivity contribution < 1.29 is 4.79 Å². The molecule has 1 aromatic rings. The minimum absolute atomic E-state index is 0.